The number of aryl methyl sites for hydroxylation is 1. The van der Waals surface area contributed by atoms with Crippen LogP contribution in [0.3, 0.4) is 0 Å². The predicted octanol–water partition coefficient (Wildman–Crippen LogP) is 5.14. The summed E-state index contributed by atoms with van der Waals surface area (Å²) in [6.07, 6.45) is -0.0138. The normalized spacial score (nSPS) is 12.8. The summed E-state index contributed by atoms with van der Waals surface area (Å²) in [5, 5.41) is 0. The van der Waals surface area contributed by atoms with Crippen molar-refractivity contribution in [1.29, 1.82) is 0 Å². The Morgan fingerprint density at radius 2 is 1.19 bits per heavy atom. The molecule has 0 amide bonds. The van der Waals surface area contributed by atoms with E-state index in [-0.39, 0.29) is 6.10 Å². The lowest BCUT2D eigenvalue weighted by Gasteiger charge is -2.16. The lowest BCUT2D eigenvalue weighted by molar-refractivity contribution is 0.252. The molecule has 1 aliphatic rings. The van der Waals surface area contributed by atoms with Crippen molar-refractivity contribution in [2.45, 2.75) is 13.0 Å². The van der Waals surface area contributed by atoms with Crippen molar-refractivity contribution < 1.29 is 4.74 Å². The van der Waals surface area contributed by atoms with Crippen molar-refractivity contribution in [2.75, 3.05) is 0 Å². The van der Waals surface area contributed by atoms with Crippen LogP contribution in [-0.4, -0.2) is 0 Å². The standard InChI is InChI=1S/C20H16O/c1-14-10-12-15(13-11-14)21-20-18-8-4-2-6-16(18)17-7-3-5-9-19(17)20/h2-13,20H,1H3. The quantitative estimate of drug-likeness (QED) is 0.627. The third kappa shape index (κ3) is 2.02. The smallest absolute Gasteiger partial charge is 0.150 e. The molecule has 0 atom stereocenters. The first kappa shape index (κ1) is 12.2. The van der Waals surface area contributed by atoms with Gasteiger partial charge in [0.25, 0.3) is 0 Å². The second kappa shape index (κ2) is 4.78. The van der Waals surface area contributed by atoms with Crippen molar-refractivity contribution in [3.05, 3.63) is 89.5 Å². The molecule has 21 heavy (non-hydrogen) atoms. The lowest BCUT2D eigenvalue weighted by Crippen LogP contribution is -2.05. The molecule has 3 aromatic rings. The summed E-state index contributed by atoms with van der Waals surface area (Å²) in [6, 6.07) is 25.3. The predicted molar refractivity (Wildman–Crippen MR) is 85.5 cm³/mol. The maximum absolute atomic E-state index is 6.28. The molecule has 0 saturated carbocycles. The minimum atomic E-state index is -0.0138. The SMILES string of the molecule is Cc1ccc(OC2c3ccccc3-c3ccccc32)cc1. The Kier molecular flexibility index (Phi) is 2.78. The third-order valence-electron chi connectivity index (χ3n) is 4.05. The van der Waals surface area contributed by atoms with Gasteiger partial charge in [0, 0.05) is 11.1 Å². The number of hydrogen-bond donors (Lipinski definition) is 0. The van der Waals surface area contributed by atoms with Crippen LogP contribution in [0.2, 0.25) is 0 Å². The molecule has 0 aliphatic heterocycles. The van der Waals surface area contributed by atoms with E-state index in [1.807, 2.05) is 12.1 Å². The summed E-state index contributed by atoms with van der Waals surface area (Å²) < 4.78 is 6.28. The molecule has 3 aromatic carbocycles. The largest absolute Gasteiger partial charge is 0.481 e. The van der Waals surface area contributed by atoms with Crippen molar-refractivity contribution in [3.63, 3.8) is 0 Å². The minimum Gasteiger partial charge on any atom is -0.481 e. The topological polar surface area (TPSA) is 9.23 Å². The zero-order chi connectivity index (χ0) is 14.2. The molecule has 0 aromatic heterocycles. The highest BCUT2D eigenvalue weighted by Crippen LogP contribution is 2.45. The monoisotopic (exact) mass is 272 g/mol. The highest BCUT2D eigenvalue weighted by atomic mass is 16.5. The summed E-state index contributed by atoms with van der Waals surface area (Å²) in [5.41, 5.74) is 6.31. The zero-order valence-electron chi connectivity index (χ0n) is 11.9. The van der Waals surface area contributed by atoms with Gasteiger partial charge in [0.15, 0.2) is 6.10 Å². The zero-order valence-corrected chi connectivity index (χ0v) is 11.9. The van der Waals surface area contributed by atoms with Gasteiger partial charge in [0.2, 0.25) is 0 Å². The van der Waals surface area contributed by atoms with Crippen LogP contribution in [0.4, 0.5) is 0 Å². The Morgan fingerprint density at radius 1 is 0.667 bits per heavy atom. The molecule has 0 spiro atoms. The Morgan fingerprint density at radius 3 is 1.76 bits per heavy atom. The molecular formula is C20H16O. The molecule has 0 unspecified atom stereocenters. The van der Waals surface area contributed by atoms with Crippen molar-refractivity contribution in [2.24, 2.45) is 0 Å². The first-order valence-electron chi connectivity index (χ1n) is 7.24. The van der Waals surface area contributed by atoms with Gasteiger partial charge in [0.05, 0.1) is 0 Å². The average Bonchev–Trinajstić information content (AvgIpc) is 2.85. The van der Waals surface area contributed by atoms with Gasteiger partial charge in [0.1, 0.15) is 5.75 Å². The van der Waals surface area contributed by atoms with Crippen LogP contribution in [0.25, 0.3) is 11.1 Å². The molecule has 0 radical (unpaired) electrons. The van der Waals surface area contributed by atoms with Gasteiger partial charge in [-0.2, -0.15) is 0 Å². The van der Waals surface area contributed by atoms with E-state index in [0.717, 1.165) is 5.75 Å². The molecule has 0 heterocycles. The van der Waals surface area contributed by atoms with Gasteiger partial charge in [-0.15, -0.1) is 0 Å². The van der Waals surface area contributed by atoms with Gasteiger partial charge in [-0.1, -0.05) is 66.2 Å². The van der Waals surface area contributed by atoms with E-state index in [4.69, 9.17) is 4.74 Å². The Labute approximate surface area is 124 Å². The highest BCUT2D eigenvalue weighted by Gasteiger charge is 2.29. The van der Waals surface area contributed by atoms with Crippen LogP contribution >= 0.6 is 0 Å². The fraction of sp³-hybridized carbons (Fsp3) is 0.100. The van der Waals surface area contributed by atoms with E-state index in [1.54, 1.807) is 0 Å². The first-order chi connectivity index (χ1) is 10.3. The lowest BCUT2D eigenvalue weighted by atomic mass is 10.1. The fourth-order valence-electron chi connectivity index (χ4n) is 2.99. The minimum absolute atomic E-state index is 0.0138. The van der Waals surface area contributed by atoms with Crippen LogP contribution in [0.15, 0.2) is 72.8 Å². The number of rotatable bonds is 2. The Hall–Kier alpha value is -2.54. The fourth-order valence-corrected chi connectivity index (χ4v) is 2.99. The molecular weight excluding hydrogens is 256 g/mol. The summed E-state index contributed by atoms with van der Waals surface area (Å²) in [7, 11) is 0. The number of fused-ring (bicyclic) bond motifs is 3. The highest BCUT2D eigenvalue weighted by molar-refractivity contribution is 5.78. The third-order valence-corrected chi connectivity index (χ3v) is 4.05. The maximum atomic E-state index is 6.28. The average molecular weight is 272 g/mol. The number of benzene rings is 3. The molecule has 1 nitrogen and oxygen atoms in total. The summed E-state index contributed by atoms with van der Waals surface area (Å²) in [5.74, 6) is 0.914. The molecule has 0 fully saturated rings. The van der Waals surface area contributed by atoms with Gasteiger partial charge in [-0.25, -0.2) is 0 Å². The Balaban J connectivity index is 1.79. The second-order valence-corrected chi connectivity index (χ2v) is 5.49. The van der Waals surface area contributed by atoms with Crippen molar-refractivity contribution in [3.8, 4) is 16.9 Å². The van der Waals surface area contributed by atoms with Gasteiger partial charge in [-0.05, 0) is 30.2 Å². The molecule has 4 rings (SSSR count). The van der Waals surface area contributed by atoms with Crippen LogP contribution < -0.4 is 4.74 Å². The molecule has 0 bridgehead atoms. The molecule has 0 N–H and O–H groups in total. The van der Waals surface area contributed by atoms with Crippen LogP contribution in [-0.2, 0) is 0 Å². The van der Waals surface area contributed by atoms with E-state index in [0.29, 0.717) is 0 Å². The van der Waals surface area contributed by atoms with Gasteiger partial charge in [-0.3, -0.25) is 0 Å². The second-order valence-electron chi connectivity index (χ2n) is 5.49. The number of hydrogen-bond acceptors (Lipinski definition) is 1. The van der Waals surface area contributed by atoms with E-state index in [1.165, 1.54) is 27.8 Å². The molecule has 1 heteroatoms. The molecule has 0 saturated heterocycles. The summed E-state index contributed by atoms with van der Waals surface area (Å²) in [4.78, 5) is 0. The van der Waals surface area contributed by atoms with Crippen molar-refractivity contribution in [1.82, 2.24) is 0 Å². The summed E-state index contributed by atoms with van der Waals surface area (Å²) in [6.45, 7) is 2.09. The van der Waals surface area contributed by atoms with E-state index >= 15 is 0 Å². The van der Waals surface area contributed by atoms with Gasteiger partial charge >= 0.3 is 0 Å². The Bertz CT molecular complexity index is 741. The number of ether oxygens (including phenoxy) is 1. The maximum Gasteiger partial charge on any atom is 0.150 e. The first-order valence-corrected chi connectivity index (χ1v) is 7.24. The molecule has 102 valence electrons. The van der Waals surface area contributed by atoms with Crippen LogP contribution in [0.1, 0.15) is 22.8 Å². The van der Waals surface area contributed by atoms with Crippen molar-refractivity contribution >= 4 is 0 Å². The van der Waals surface area contributed by atoms with Crippen LogP contribution in [0, 0.1) is 6.92 Å². The van der Waals surface area contributed by atoms with Gasteiger partial charge < -0.3 is 4.74 Å². The molecule has 1 aliphatic carbocycles. The van der Waals surface area contributed by atoms with E-state index < -0.39 is 0 Å². The van der Waals surface area contributed by atoms with E-state index in [2.05, 4.69) is 67.6 Å². The summed E-state index contributed by atoms with van der Waals surface area (Å²) >= 11 is 0. The van der Waals surface area contributed by atoms with E-state index in [9.17, 15) is 0 Å². The van der Waals surface area contributed by atoms with Crippen LogP contribution in [0.5, 0.6) is 5.75 Å².